The van der Waals surface area contributed by atoms with E-state index in [0.717, 1.165) is 66.3 Å². The first kappa shape index (κ1) is 21.2. The molecule has 1 aromatic carbocycles. The van der Waals surface area contributed by atoms with Crippen molar-refractivity contribution in [2.45, 2.75) is 39.3 Å². The maximum Gasteiger partial charge on any atom is 0.191 e. The lowest BCUT2D eigenvalue weighted by Gasteiger charge is -2.34. The molecular weight excluding hydrogens is 386 g/mol. The number of methoxy groups -OCH3 is 2. The van der Waals surface area contributed by atoms with E-state index in [1.165, 1.54) is 4.88 Å². The van der Waals surface area contributed by atoms with Gasteiger partial charge in [-0.2, -0.15) is 0 Å². The lowest BCUT2D eigenvalue weighted by Crippen LogP contribution is -2.48. The summed E-state index contributed by atoms with van der Waals surface area (Å²) in [6.45, 7) is 6.79. The molecule has 1 aromatic heterocycles. The molecule has 1 aliphatic heterocycles. The van der Waals surface area contributed by atoms with Gasteiger partial charge >= 0.3 is 0 Å². The summed E-state index contributed by atoms with van der Waals surface area (Å²) in [6, 6.07) is 6.43. The number of piperidine rings is 1. The highest BCUT2D eigenvalue weighted by molar-refractivity contribution is 7.11. The van der Waals surface area contributed by atoms with Gasteiger partial charge in [0.2, 0.25) is 0 Å². The number of rotatable bonds is 6. The maximum absolute atomic E-state index is 5.40. The van der Waals surface area contributed by atoms with E-state index in [-0.39, 0.29) is 0 Å². The van der Waals surface area contributed by atoms with Crippen LogP contribution in [-0.2, 0) is 6.54 Å². The van der Waals surface area contributed by atoms with E-state index in [9.17, 15) is 0 Å². The van der Waals surface area contributed by atoms with E-state index >= 15 is 0 Å². The van der Waals surface area contributed by atoms with Crippen molar-refractivity contribution in [1.82, 2.24) is 15.6 Å². The molecule has 7 nitrogen and oxygen atoms in total. The summed E-state index contributed by atoms with van der Waals surface area (Å²) >= 11 is 1.73. The molecule has 8 heteroatoms. The molecular formula is C21H31N5O2S. The first-order valence-electron chi connectivity index (χ1n) is 9.90. The second kappa shape index (κ2) is 9.82. The summed E-state index contributed by atoms with van der Waals surface area (Å²) in [7, 11) is 5.18. The zero-order valence-corrected chi connectivity index (χ0v) is 18.7. The van der Waals surface area contributed by atoms with Gasteiger partial charge < -0.3 is 25.0 Å². The van der Waals surface area contributed by atoms with Crippen LogP contribution in [0.15, 0.2) is 23.2 Å². The molecule has 1 saturated heterocycles. The molecule has 2 N–H and O–H groups in total. The summed E-state index contributed by atoms with van der Waals surface area (Å²) < 4.78 is 10.8. The van der Waals surface area contributed by atoms with Crippen LogP contribution in [0, 0.1) is 13.8 Å². The molecule has 29 heavy (non-hydrogen) atoms. The van der Waals surface area contributed by atoms with Crippen molar-refractivity contribution in [2.24, 2.45) is 4.99 Å². The Labute approximate surface area is 177 Å². The van der Waals surface area contributed by atoms with Crippen LogP contribution in [-0.4, -0.2) is 51.3 Å². The molecule has 0 radical (unpaired) electrons. The molecule has 0 unspecified atom stereocenters. The Bertz CT molecular complexity index is 821. The van der Waals surface area contributed by atoms with Gasteiger partial charge in [0.15, 0.2) is 5.96 Å². The number of anilines is 1. The van der Waals surface area contributed by atoms with Crippen molar-refractivity contribution < 1.29 is 9.47 Å². The van der Waals surface area contributed by atoms with Gasteiger partial charge in [0.1, 0.15) is 11.5 Å². The average molecular weight is 418 g/mol. The van der Waals surface area contributed by atoms with Crippen LogP contribution >= 0.6 is 11.3 Å². The smallest absolute Gasteiger partial charge is 0.191 e. The number of hydrogen-bond acceptors (Lipinski definition) is 6. The standard InChI is InChI=1S/C21H31N5O2S/c1-14-20(29-15(2)24-14)13-23-21(22-3)25-16-6-8-26(9-7-16)17-10-18(27-4)12-19(11-17)28-5/h10-12,16H,6-9,13H2,1-5H3,(H2,22,23,25). The highest BCUT2D eigenvalue weighted by Gasteiger charge is 2.21. The fourth-order valence-electron chi connectivity index (χ4n) is 3.55. The number of ether oxygens (including phenoxy) is 2. The van der Waals surface area contributed by atoms with Gasteiger partial charge in [-0.05, 0) is 26.7 Å². The molecule has 0 bridgehead atoms. The second-order valence-electron chi connectivity index (χ2n) is 7.14. The highest BCUT2D eigenvalue weighted by Crippen LogP contribution is 2.30. The Kier molecular flexibility index (Phi) is 7.19. The van der Waals surface area contributed by atoms with E-state index < -0.39 is 0 Å². The van der Waals surface area contributed by atoms with Crippen LogP contribution in [0.5, 0.6) is 11.5 Å². The van der Waals surface area contributed by atoms with Crippen LogP contribution in [0.1, 0.15) is 28.4 Å². The molecule has 3 rings (SSSR count). The normalized spacial score (nSPS) is 15.3. The van der Waals surface area contributed by atoms with Gasteiger partial charge in [-0.15, -0.1) is 11.3 Å². The highest BCUT2D eigenvalue weighted by atomic mass is 32.1. The third kappa shape index (κ3) is 5.53. The minimum absolute atomic E-state index is 0.397. The Morgan fingerprint density at radius 3 is 2.34 bits per heavy atom. The molecule has 1 fully saturated rings. The zero-order valence-electron chi connectivity index (χ0n) is 17.9. The van der Waals surface area contributed by atoms with Gasteiger partial charge in [-0.1, -0.05) is 0 Å². The van der Waals surface area contributed by atoms with E-state index in [2.05, 4.69) is 44.6 Å². The molecule has 0 atom stereocenters. The van der Waals surface area contributed by atoms with E-state index in [0.29, 0.717) is 6.04 Å². The number of thiazole rings is 1. The van der Waals surface area contributed by atoms with Gasteiger partial charge in [0.05, 0.1) is 31.5 Å². The monoisotopic (exact) mass is 417 g/mol. The Balaban J connectivity index is 1.53. The Morgan fingerprint density at radius 1 is 1.17 bits per heavy atom. The number of aromatic nitrogens is 1. The molecule has 0 spiro atoms. The lowest BCUT2D eigenvalue weighted by molar-refractivity contribution is 0.393. The fraction of sp³-hybridized carbons (Fsp3) is 0.524. The number of nitrogens with one attached hydrogen (secondary N) is 2. The number of nitrogens with zero attached hydrogens (tertiary/aromatic N) is 3. The van der Waals surface area contributed by atoms with Crippen LogP contribution < -0.4 is 25.0 Å². The van der Waals surface area contributed by atoms with E-state index in [4.69, 9.17) is 9.47 Å². The van der Waals surface area contributed by atoms with Crippen molar-refractivity contribution >= 4 is 23.0 Å². The van der Waals surface area contributed by atoms with Gasteiger partial charge in [0, 0.05) is 54.9 Å². The predicted molar refractivity (Wildman–Crippen MR) is 120 cm³/mol. The molecule has 2 heterocycles. The summed E-state index contributed by atoms with van der Waals surface area (Å²) in [5.41, 5.74) is 2.23. The molecule has 0 saturated carbocycles. The molecule has 1 aliphatic rings. The molecule has 2 aromatic rings. The Morgan fingerprint density at radius 2 is 1.83 bits per heavy atom. The van der Waals surface area contributed by atoms with Crippen molar-refractivity contribution in [3.8, 4) is 11.5 Å². The van der Waals surface area contributed by atoms with E-state index in [1.54, 1.807) is 25.6 Å². The number of guanidine groups is 1. The number of aryl methyl sites for hydroxylation is 2. The SMILES string of the molecule is CN=C(NCc1sc(C)nc1C)NC1CCN(c2cc(OC)cc(OC)c2)CC1. The number of hydrogen-bond donors (Lipinski definition) is 2. The minimum Gasteiger partial charge on any atom is -0.497 e. The summed E-state index contributed by atoms with van der Waals surface area (Å²) in [6.07, 6.45) is 2.08. The zero-order chi connectivity index (χ0) is 20.8. The minimum atomic E-state index is 0.397. The number of aliphatic imine (C=N–C) groups is 1. The van der Waals surface area contributed by atoms with Crippen molar-refractivity contribution in [3.05, 3.63) is 33.8 Å². The topological polar surface area (TPSA) is 71.0 Å². The van der Waals surface area contributed by atoms with Crippen LogP contribution in [0.25, 0.3) is 0 Å². The molecule has 0 aliphatic carbocycles. The molecule has 158 valence electrons. The summed E-state index contributed by atoms with van der Waals surface area (Å²) in [5.74, 6) is 2.48. The largest absolute Gasteiger partial charge is 0.497 e. The van der Waals surface area contributed by atoms with Crippen molar-refractivity contribution in [2.75, 3.05) is 39.3 Å². The average Bonchev–Trinajstić information content (AvgIpc) is 3.07. The summed E-state index contributed by atoms with van der Waals surface area (Å²) in [4.78, 5) is 12.5. The van der Waals surface area contributed by atoms with Crippen molar-refractivity contribution in [1.29, 1.82) is 0 Å². The number of benzene rings is 1. The van der Waals surface area contributed by atoms with Crippen LogP contribution in [0.3, 0.4) is 0 Å². The second-order valence-corrected chi connectivity index (χ2v) is 8.43. The van der Waals surface area contributed by atoms with Crippen molar-refractivity contribution in [3.63, 3.8) is 0 Å². The quantitative estimate of drug-likeness (QED) is 0.556. The molecule has 0 amide bonds. The van der Waals surface area contributed by atoms with Gasteiger partial charge in [-0.25, -0.2) is 4.98 Å². The van der Waals surface area contributed by atoms with E-state index in [1.807, 2.05) is 20.0 Å². The predicted octanol–water partition coefficient (Wildman–Crippen LogP) is 3.11. The first-order valence-corrected chi connectivity index (χ1v) is 10.7. The fourth-order valence-corrected chi connectivity index (χ4v) is 4.42. The maximum atomic E-state index is 5.40. The Hall–Kier alpha value is -2.48. The van der Waals surface area contributed by atoms with Gasteiger partial charge in [-0.3, -0.25) is 4.99 Å². The first-order chi connectivity index (χ1) is 14.0. The summed E-state index contributed by atoms with van der Waals surface area (Å²) in [5, 5.41) is 8.09. The van der Waals surface area contributed by atoms with Crippen LogP contribution in [0.2, 0.25) is 0 Å². The van der Waals surface area contributed by atoms with Gasteiger partial charge in [0.25, 0.3) is 0 Å². The van der Waals surface area contributed by atoms with Crippen LogP contribution in [0.4, 0.5) is 5.69 Å². The lowest BCUT2D eigenvalue weighted by atomic mass is 10.0. The third-order valence-corrected chi connectivity index (χ3v) is 6.25. The third-order valence-electron chi connectivity index (χ3n) is 5.18.